The van der Waals surface area contributed by atoms with Crippen LogP contribution in [0.1, 0.15) is 41.0 Å². The molecule has 0 aromatic carbocycles. The Bertz CT molecular complexity index is 568. The summed E-state index contributed by atoms with van der Waals surface area (Å²) in [5.41, 5.74) is 0.531. The van der Waals surface area contributed by atoms with E-state index in [1.165, 1.54) is 24.2 Å². The highest BCUT2D eigenvalue weighted by Crippen LogP contribution is 2.28. The fraction of sp³-hybridized carbons (Fsp3) is 0.429. The molecule has 1 fully saturated rings. The third kappa shape index (κ3) is 2.56. The lowest BCUT2D eigenvalue weighted by Gasteiger charge is -2.10. The van der Waals surface area contributed by atoms with Gasteiger partial charge in [-0.15, -0.1) is 11.3 Å². The van der Waals surface area contributed by atoms with Gasteiger partial charge in [-0.25, -0.2) is 4.98 Å². The van der Waals surface area contributed by atoms with Crippen LogP contribution >= 0.6 is 11.3 Å². The first-order valence-electron chi connectivity index (χ1n) is 6.56. The summed E-state index contributed by atoms with van der Waals surface area (Å²) < 4.78 is 5.32. The Morgan fingerprint density at radius 3 is 2.95 bits per heavy atom. The number of rotatable bonds is 3. The lowest BCUT2D eigenvalue weighted by Crippen LogP contribution is -2.33. The van der Waals surface area contributed by atoms with E-state index in [2.05, 4.69) is 10.3 Å². The average Bonchev–Trinajstić information content (AvgIpc) is 3.07. The van der Waals surface area contributed by atoms with Crippen LogP contribution in [0, 0.1) is 6.92 Å². The van der Waals surface area contributed by atoms with Crippen LogP contribution in [0.4, 0.5) is 0 Å². The van der Waals surface area contributed by atoms with Crippen molar-refractivity contribution in [2.24, 2.45) is 0 Å². The van der Waals surface area contributed by atoms with Crippen molar-refractivity contribution < 1.29 is 9.21 Å². The van der Waals surface area contributed by atoms with Gasteiger partial charge in [0.25, 0.3) is 5.91 Å². The number of nitrogens with zero attached hydrogens (tertiary/aromatic N) is 1. The number of carbonyl (C=O) groups is 1. The van der Waals surface area contributed by atoms with Crippen molar-refractivity contribution in [2.75, 3.05) is 0 Å². The van der Waals surface area contributed by atoms with Crippen LogP contribution in [0.15, 0.2) is 22.8 Å². The quantitative estimate of drug-likeness (QED) is 0.935. The Kier molecular flexibility index (Phi) is 3.38. The van der Waals surface area contributed by atoms with Gasteiger partial charge in [0.2, 0.25) is 0 Å². The Morgan fingerprint density at radius 2 is 2.26 bits per heavy atom. The molecule has 0 aliphatic heterocycles. The average molecular weight is 276 g/mol. The van der Waals surface area contributed by atoms with Crippen molar-refractivity contribution in [3.05, 3.63) is 29.0 Å². The zero-order valence-corrected chi connectivity index (χ0v) is 11.6. The molecule has 100 valence electrons. The van der Waals surface area contributed by atoms with E-state index >= 15 is 0 Å². The van der Waals surface area contributed by atoms with Crippen molar-refractivity contribution in [3.8, 4) is 10.8 Å². The second-order valence-corrected chi connectivity index (χ2v) is 6.06. The van der Waals surface area contributed by atoms with Gasteiger partial charge in [-0.3, -0.25) is 4.79 Å². The second kappa shape index (κ2) is 5.17. The molecule has 0 radical (unpaired) electrons. The standard InChI is InChI=1S/C14H16N2O2S/c1-9-12(13(17)15-10-5-2-3-6-10)16-14(19-9)11-7-4-8-18-11/h4,7-8,10H,2-3,5-6H2,1H3,(H,15,17). The summed E-state index contributed by atoms with van der Waals surface area (Å²) in [5.74, 6) is 0.659. The molecule has 0 atom stereocenters. The number of hydrogen-bond donors (Lipinski definition) is 1. The molecule has 1 saturated carbocycles. The first-order chi connectivity index (χ1) is 9.24. The summed E-state index contributed by atoms with van der Waals surface area (Å²) >= 11 is 1.49. The maximum absolute atomic E-state index is 12.2. The van der Waals surface area contributed by atoms with Crippen molar-refractivity contribution >= 4 is 17.2 Å². The van der Waals surface area contributed by atoms with Gasteiger partial charge < -0.3 is 9.73 Å². The van der Waals surface area contributed by atoms with E-state index in [-0.39, 0.29) is 5.91 Å². The molecule has 19 heavy (non-hydrogen) atoms. The predicted molar refractivity (Wildman–Crippen MR) is 74.3 cm³/mol. The van der Waals surface area contributed by atoms with E-state index in [0.717, 1.165) is 22.7 Å². The highest BCUT2D eigenvalue weighted by Gasteiger charge is 2.22. The van der Waals surface area contributed by atoms with E-state index in [1.807, 2.05) is 19.1 Å². The van der Waals surface area contributed by atoms with E-state index in [4.69, 9.17) is 4.42 Å². The number of nitrogens with one attached hydrogen (secondary N) is 1. The van der Waals surface area contributed by atoms with Gasteiger partial charge in [-0.1, -0.05) is 12.8 Å². The summed E-state index contributed by atoms with van der Waals surface area (Å²) in [4.78, 5) is 17.5. The first-order valence-corrected chi connectivity index (χ1v) is 7.38. The van der Waals surface area contributed by atoms with Crippen LogP contribution in [-0.4, -0.2) is 16.9 Å². The molecule has 4 nitrogen and oxygen atoms in total. The zero-order valence-electron chi connectivity index (χ0n) is 10.8. The summed E-state index contributed by atoms with van der Waals surface area (Å²) in [6.45, 7) is 1.92. The molecule has 0 bridgehead atoms. The smallest absolute Gasteiger partial charge is 0.271 e. The van der Waals surface area contributed by atoms with Crippen molar-refractivity contribution in [1.82, 2.24) is 10.3 Å². The van der Waals surface area contributed by atoms with Crippen LogP contribution in [0.5, 0.6) is 0 Å². The van der Waals surface area contributed by atoms with Crippen LogP contribution in [-0.2, 0) is 0 Å². The van der Waals surface area contributed by atoms with Gasteiger partial charge in [0, 0.05) is 10.9 Å². The fourth-order valence-electron chi connectivity index (χ4n) is 2.44. The predicted octanol–water partition coefficient (Wildman–Crippen LogP) is 3.38. The largest absolute Gasteiger partial charge is 0.462 e. The highest BCUT2D eigenvalue weighted by atomic mass is 32.1. The number of thiazole rings is 1. The summed E-state index contributed by atoms with van der Waals surface area (Å²) in [6.07, 6.45) is 6.20. The van der Waals surface area contributed by atoms with Crippen LogP contribution < -0.4 is 5.32 Å². The zero-order chi connectivity index (χ0) is 13.2. The molecule has 1 aliphatic rings. The van der Waals surface area contributed by atoms with E-state index in [1.54, 1.807) is 6.26 Å². The highest BCUT2D eigenvalue weighted by molar-refractivity contribution is 7.15. The third-order valence-electron chi connectivity index (χ3n) is 3.43. The molecular formula is C14H16N2O2S. The Hall–Kier alpha value is -1.62. The number of amides is 1. The van der Waals surface area contributed by atoms with E-state index in [0.29, 0.717) is 17.5 Å². The Labute approximate surface area is 115 Å². The maximum Gasteiger partial charge on any atom is 0.271 e. The normalized spacial score (nSPS) is 15.8. The molecule has 1 amide bonds. The van der Waals surface area contributed by atoms with Crippen LogP contribution in [0.2, 0.25) is 0 Å². The molecule has 1 aliphatic carbocycles. The van der Waals surface area contributed by atoms with E-state index in [9.17, 15) is 4.79 Å². The molecule has 0 unspecified atom stereocenters. The summed E-state index contributed by atoms with van der Waals surface area (Å²) in [6, 6.07) is 4.00. The van der Waals surface area contributed by atoms with Gasteiger partial charge in [-0.05, 0) is 31.9 Å². The van der Waals surface area contributed by atoms with Gasteiger partial charge in [0.05, 0.1) is 6.26 Å². The monoisotopic (exact) mass is 276 g/mol. The molecule has 0 spiro atoms. The Balaban J connectivity index is 1.78. The van der Waals surface area contributed by atoms with Gasteiger partial charge >= 0.3 is 0 Å². The third-order valence-corrected chi connectivity index (χ3v) is 4.42. The minimum absolute atomic E-state index is 0.0570. The van der Waals surface area contributed by atoms with Gasteiger partial charge in [-0.2, -0.15) is 0 Å². The number of aryl methyl sites for hydroxylation is 1. The van der Waals surface area contributed by atoms with Crippen molar-refractivity contribution in [3.63, 3.8) is 0 Å². The fourth-order valence-corrected chi connectivity index (χ4v) is 3.32. The second-order valence-electron chi connectivity index (χ2n) is 4.86. The number of aromatic nitrogens is 1. The SMILES string of the molecule is Cc1sc(-c2ccco2)nc1C(=O)NC1CCCC1. The molecule has 2 heterocycles. The Morgan fingerprint density at radius 1 is 1.47 bits per heavy atom. The molecule has 3 rings (SSSR count). The maximum atomic E-state index is 12.2. The minimum Gasteiger partial charge on any atom is -0.462 e. The molecule has 0 saturated heterocycles. The topological polar surface area (TPSA) is 55.1 Å². The molecule has 2 aromatic heterocycles. The number of furan rings is 1. The lowest BCUT2D eigenvalue weighted by atomic mass is 10.2. The molecule has 2 aromatic rings. The summed E-state index contributed by atoms with van der Waals surface area (Å²) in [7, 11) is 0. The number of hydrogen-bond acceptors (Lipinski definition) is 4. The van der Waals surface area contributed by atoms with Crippen LogP contribution in [0.25, 0.3) is 10.8 Å². The van der Waals surface area contributed by atoms with Crippen LogP contribution in [0.3, 0.4) is 0 Å². The van der Waals surface area contributed by atoms with E-state index < -0.39 is 0 Å². The number of carbonyl (C=O) groups excluding carboxylic acids is 1. The molecule has 5 heteroatoms. The van der Waals surface area contributed by atoms with Crippen molar-refractivity contribution in [2.45, 2.75) is 38.6 Å². The lowest BCUT2D eigenvalue weighted by molar-refractivity contribution is 0.0933. The van der Waals surface area contributed by atoms with Gasteiger partial charge in [0.15, 0.2) is 10.8 Å². The molecular weight excluding hydrogens is 260 g/mol. The first kappa shape index (κ1) is 12.4. The van der Waals surface area contributed by atoms with Gasteiger partial charge in [0.1, 0.15) is 5.69 Å². The summed E-state index contributed by atoms with van der Waals surface area (Å²) in [5, 5.41) is 3.83. The minimum atomic E-state index is -0.0570. The van der Waals surface area contributed by atoms with Crippen molar-refractivity contribution in [1.29, 1.82) is 0 Å². The molecule has 1 N–H and O–H groups in total.